The average molecular weight is 284 g/mol. The summed E-state index contributed by atoms with van der Waals surface area (Å²) in [7, 11) is 2.20. The molecule has 0 aliphatic carbocycles. The van der Waals surface area contributed by atoms with E-state index in [1.807, 2.05) is 25.1 Å². The highest BCUT2D eigenvalue weighted by atomic mass is 15.1. The van der Waals surface area contributed by atoms with Gasteiger partial charge < -0.3 is 16.0 Å². The monoisotopic (exact) mass is 284 g/mol. The van der Waals surface area contributed by atoms with Crippen molar-refractivity contribution >= 4 is 22.3 Å². The van der Waals surface area contributed by atoms with Crippen molar-refractivity contribution in [1.82, 2.24) is 9.88 Å². The van der Waals surface area contributed by atoms with Gasteiger partial charge in [0.25, 0.3) is 0 Å². The maximum absolute atomic E-state index is 5.94. The molecular weight excluding hydrogens is 260 g/mol. The van der Waals surface area contributed by atoms with Crippen LogP contribution < -0.4 is 11.1 Å². The van der Waals surface area contributed by atoms with E-state index in [0.717, 1.165) is 34.5 Å². The van der Waals surface area contributed by atoms with Gasteiger partial charge >= 0.3 is 0 Å². The van der Waals surface area contributed by atoms with Crippen molar-refractivity contribution in [3.05, 3.63) is 30.0 Å². The number of hydrogen-bond donors (Lipinski definition) is 2. The molecule has 2 aromatic rings. The molecule has 3 rings (SSSR count). The van der Waals surface area contributed by atoms with Crippen LogP contribution in [0.2, 0.25) is 0 Å². The SMILES string of the molecule is Cc1cc(NC2CCN(C)C(C)C2)c2cc(N)ccc2n1. The Morgan fingerprint density at radius 2 is 2.14 bits per heavy atom. The second-order valence-electron chi connectivity index (χ2n) is 6.28. The number of fused-ring (bicyclic) bond motifs is 1. The molecule has 4 nitrogen and oxygen atoms in total. The molecule has 1 aliphatic heterocycles. The van der Waals surface area contributed by atoms with Crippen LogP contribution in [-0.2, 0) is 0 Å². The van der Waals surface area contributed by atoms with Crippen LogP contribution in [0.25, 0.3) is 10.9 Å². The van der Waals surface area contributed by atoms with Crippen LogP contribution in [0.4, 0.5) is 11.4 Å². The van der Waals surface area contributed by atoms with Gasteiger partial charge in [0.05, 0.1) is 5.52 Å². The molecule has 0 spiro atoms. The molecule has 1 fully saturated rings. The topological polar surface area (TPSA) is 54.2 Å². The second kappa shape index (κ2) is 5.53. The quantitative estimate of drug-likeness (QED) is 0.832. The lowest BCUT2D eigenvalue weighted by atomic mass is 9.98. The van der Waals surface area contributed by atoms with E-state index >= 15 is 0 Å². The lowest BCUT2D eigenvalue weighted by Gasteiger charge is -2.36. The summed E-state index contributed by atoms with van der Waals surface area (Å²) in [5.74, 6) is 0. The Morgan fingerprint density at radius 1 is 1.33 bits per heavy atom. The van der Waals surface area contributed by atoms with Crippen LogP contribution in [0.3, 0.4) is 0 Å². The van der Waals surface area contributed by atoms with Crippen LogP contribution >= 0.6 is 0 Å². The summed E-state index contributed by atoms with van der Waals surface area (Å²) in [4.78, 5) is 7.02. The summed E-state index contributed by atoms with van der Waals surface area (Å²) in [5.41, 5.74) is 9.93. The number of likely N-dealkylation sites (tertiary alicyclic amines) is 1. The third kappa shape index (κ3) is 2.95. The minimum atomic E-state index is 0.516. The van der Waals surface area contributed by atoms with Crippen molar-refractivity contribution < 1.29 is 0 Å². The normalized spacial score (nSPS) is 23.4. The van der Waals surface area contributed by atoms with Gasteiger partial charge in [-0.05, 0) is 58.0 Å². The molecule has 112 valence electrons. The van der Waals surface area contributed by atoms with E-state index in [1.165, 1.54) is 12.8 Å². The molecule has 4 heteroatoms. The molecular formula is C17H24N4. The number of nitrogens with zero attached hydrogens (tertiary/aromatic N) is 2. The number of nitrogens with one attached hydrogen (secondary N) is 1. The molecule has 1 aromatic carbocycles. The lowest BCUT2D eigenvalue weighted by molar-refractivity contribution is 0.190. The summed E-state index contributed by atoms with van der Waals surface area (Å²) < 4.78 is 0. The highest BCUT2D eigenvalue weighted by Gasteiger charge is 2.23. The van der Waals surface area contributed by atoms with Crippen molar-refractivity contribution in [3.8, 4) is 0 Å². The summed E-state index contributed by atoms with van der Waals surface area (Å²) in [6.45, 7) is 5.48. The van der Waals surface area contributed by atoms with E-state index in [4.69, 9.17) is 5.73 Å². The highest BCUT2D eigenvalue weighted by Crippen LogP contribution is 2.28. The maximum atomic E-state index is 5.94. The molecule has 1 aromatic heterocycles. The summed E-state index contributed by atoms with van der Waals surface area (Å²) in [6.07, 6.45) is 2.34. The fraction of sp³-hybridized carbons (Fsp3) is 0.471. The molecule has 0 radical (unpaired) electrons. The van der Waals surface area contributed by atoms with E-state index in [-0.39, 0.29) is 0 Å². The Hall–Kier alpha value is -1.81. The number of hydrogen-bond acceptors (Lipinski definition) is 4. The maximum Gasteiger partial charge on any atom is 0.0727 e. The van der Waals surface area contributed by atoms with Gasteiger partial charge in [-0.25, -0.2) is 0 Å². The van der Waals surface area contributed by atoms with Gasteiger partial charge in [-0.3, -0.25) is 4.98 Å². The van der Waals surface area contributed by atoms with Crippen molar-refractivity contribution in [2.75, 3.05) is 24.6 Å². The van der Waals surface area contributed by atoms with Crippen LogP contribution in [0, 0.1) is 6.92 Å². The third-order valence-electron chi connectivity index (χ3n) is 4.53. The minimum absolute atomic E-state index is 0.516. The zero-order chi connectivity index (χ0) is 15.0. The first-order valence-corrected chi connectivity index (χ1v) is 7.66. The molecule has 3 N–H and O–H groups in total. The molecule has 1 aliphatic rings. The average Bonchev–Trinajstić information content (AvgIpc) is 2.43. The molecule has 0 bridgehead atoms. The van der Waals surface area contributed by atoms with E-state index < -0.39 is 0 Å². The standard InChI is InChI=1S/C17H24N4/c1-11-8-17(15-10-13(18)4-5-16(15)19-11)20-14-6-7-21(3)12(2)9-14/h4-5,8,10,12,14H,6-7,9,18H2,1-3H3,(H,19,20). The van der Waals surface area contributed by atoms with Gasteiger partial charge in [-0.15, -0.1) is 0 Å². The minimum Gasteiger partial charge on any atom is -0.399 e. The molecule has 21 heavy (non-hydrogen) atoms. The number of pyridine rings is 1. The molecule has 2 atom stereocenters. The Morgan fingerprint density at radius 3 is 2.90 bits per heavy atom. The number of nitrogen functional groups attached to an aromatic ring is 1. The Labute approximate surface area is 126 Å². The second-order valence-corrected chi connectivity index (χ2v) is 6.28. The van der Waals surface area contributed by atoms with Gasteiger partial charge in [-0.1, -0.05) is 0 Å². The van der Waals surface area contributed by atoms with Gasteiger partial charge in [0, 0.05) is 41.1 Å². The van der Waals surface area contributed by atoms with Crippen molar-refractivity contribution in [2.45, 2.75) is 38.8 Å². The number of nitrogens with two attached hydrogens (primary N) is 1. The Kier molecular flexibility index (Phi) is 3.72. The van der Waals surface area contributed by atoms with E-state index in [2.05, 4.69) is 35.2 Å². The first-order valence-electron chi connectivity index (χ1n) is 7.66. The molecule has 0 saturated carbocycles. The number of piperidine rings is 1. The van der Waals surface area contributed by atoms with Crippen molar-refractivity contribution in [3.63, 3.8) is 0 Å². The first-order chi connectivity index (χ1) is 10.0. The number of aryl methyl sites for hydroxylation is 1. The fourth-order valence-electron chi connectivity index (χ4n) is 3.14. The third-order valence-corrected chi connectivity index (χ3v) is 4.53. The molecule has 0 amide bonds. The Balaban J connectivity index is 1.91. The predicted octanol–water partition coefficient (Wildman–Crippen LogP) is 3.02. The summed E-state index contributed by atoms with van der Waals surface area (Å²) in [6, 6.07) is 9.20. The van der Waals surface area contributed by atoms with Crippen LogP contribution in [0.5, 0.6) is 0 Å². The van der Waals surface area contributed by atoms with Gasteiger partial charge in [0.15, 0.2) is 0 Å². The highest BCUT2D eigenvalue weighted by molar-refractivity contribution is 5.93. The van der Waals surface area contributed by atoms with E-state index in [0.29, 0.717) is 12.1 Å². The smallest absolute Gasteiger partial charge is 0.0727 e. The number of benzene rings is 1. The van der Waals surface area contributed by atoms with E-state index in [1.54, 1.807) is 0 Å². The zero-order valence-electron chi connectivity index (χ0n) is 13.1. The molecule has 1 saturated heterocycles. The number of rotatable bonds is 2. The van der Waals surface area contributed by atoms with Gasteiger partial charge in [0.1, 0.15) is 0 Å². The molecule has 2 heterocycles. The van der Waals surface area contributed by atoms with Crippen LogP contribution in [0.15, 0.2) is 24.3 Å². The fourth-order valence-corrected chi connectivity index (χ4v) is 3.14. The van der Waals surface area contributed by atoms with Crippen molar-refractivity contribution in [2.24, 2.45) is 0 Å². The lowest BCUT2D eigenvalue weighted by Crippen LogP contribution is -2.42. The van der Waals surface area contributed by atoms with Crippen LogP contribution in [-0.4, -0.2) is 35.6 Å². The largest absolute Gasteiger partial charge is 0.399 e. The zero-order valence-corrected chi connectivity index (χ0v) is 13.1. The van der Waals surface area contributed by atoms with E-state index in [9.17, 15) is 0 Å². The van der Waals surface area contributed by atoms with Crippen molar-refractivity contribution in [1.29, 1.82) is 0 Å². The predicted molar refractivity (Wildman–Crippen MR) is 89.6 cm³/mol. The van der Waals surface area contributed by atoms with Gasteiger partial charge in [-0.2, -0.15) is 0 Å². The summed E-state index contributed by atoms with van der Waals surface area (Å²) in [5, 5.41) is 4.84. The number of anilines is 2. The summed E-state index contributed by atoms with van der Waals surface area (Å²) >= 11 is 0. The Bertz CT molecular complexity index is 653. The first kappa shape index (κ1) is 14.1. The van der Waals surface area contributed by atoms with Gasteiger partial charge in [0.2, 0.25) is 0 Å². The number of aromatic nitrogens is 1. The van der Waals surface area contributed by atoms with Crippen LogP contribution in [0.1, 0.15) is 25.5 Å². The molecule has 2 unspecified atom stereocenters.